The first-order valence-corrected chi connectivity index (χ1v) is 11.4. The van der Waals surface area contributed by atoms with Crippen LogP contribution in [0.5, 0.6) is 0 Å². The van der Waals surface area contributed by atoms with Gasteiger partial charge in [-0.15, -0.1) is 12.4 Å². The number of nitrogens with one attached hydrogen (secondary N) is 1. The quantitative estimate of drug-likeness (QED) is 0.538. The minimum Gasteiger partial charge on any atom is -0.309 e. The van der Waals surface area contributed by atoms with E-state index in [4.69, 9.17) is 4.98 Å². The molecule has 1 saturated carbocycles. The number of rotatable bonds is 4. The summed E-state index contributed by atoms with van der Waals surface area (Å²) >= 11 is 3.41. The minimum absolute atomic E-state index is 0. The van der Waals surface area contributed by atoms with Crippen LogP contribution >= 0.6 is 28.3 Å². The topological polar surface area (TPSA) is 75.9 Å². The first kappa shape index (κ1) is 22.2. The minimum atomic E-state index is -0.0257. The smallest absolute Gasteiger partial charge is 0.266 e. The van der Waals surface area contributed by atoms with Crippen molar-refractivity contribution in [3.05, 3.63) is 51.0 Å². The van der Waals surface area contributed by atoms with Crippen molar-refractivity contribution >= 4 is 51.1 Å². The summed E-state index contributed by atoms with van der Waals surface area (Å²) in [5.74, 6) is 1.15. The van der Waals surface area contributed by atoms with Crippen LogP contribution in [-0.2, 0) is 0 Å². The average Bonchev–Trinajstić information content (AvgIpc) is 3.42. The second-order valence-electron chi connectivity index (χ2n) is 8.32. The van der Waals surface area contributed by atoms with E-state index in [0.29, 0.717) is 27.9 Å². The zero-order valence-corrected chi connectivity index (χ0v) is 19.8. The van der Waals surface area contributed by atoms with Gasteiger partial charge in [-0.3, -0.25) is 14.3 Å². The standard InChI is InChI=1S/C22H25BrN6O.ClH/c1-28-10-4-7-18(28)14-8-9-19(24-12-14)26-22-25-13-15-11-17(23)21(30)29(20(15)27-22)16-5-2-3-6-16;/h8-9,11-13,16,18H,2-7,10H2,1H3,(H,24,25,26,27);1H. The zero-order valence-electron chi connectivity index (χ0n) is 17.4. The molecule has 1 atom stereocenters. The molecule has 1 N–H and O–H groups in total. The average molecular weight is 506 g/mol. The van der Waals surface area contributed by atoms with Crippen LogP contribution in [0.1, 0.15) is 56.2 Å². The molecule has 0 aromatic carbocycles. The molecule has 7 nitrogen and oxygen atoms in total. The highest BCUT2D eigenvalue weighted by molar-refractivity contribution is 9.10. The molecule has 2 fully saturated rings. The molecule has 2 aliphatic rings. The highest BCUT2D eigenvalue weighted by atomic mass is 79.9. The third kappa shape index (κ3) is 4.33. The lowest BCUT2D eigenvalue weighted by molar-refractivity contribution is 0.317. The first-order chi connectivity index (χ1) is 14.6. The number of aromatic nitrogens is 4. The molecule has 0 bridgehead atoms. The van der Waals surface area contributed by atoms with Crippen molar-refractivity contribution in [1.29, 1.82) is 0 Å². The summed E-state index contributed by atoms with van der Waals surface area (Å²) in [7, 11) is 2.16. The second-order valence-corrected chi connectivity index (χ2v) is 9.17. The van der Waals surface area contributed by atoms with Gasteiger partial charge in [-0.05, 0) is 72.9 Å². The van der Waals surface area contributed by atoms with E-state index in [1.54, 1.807) is 12.3 Å². The van der Waals surface area contributed by atoms with Crippen LogP contribution in [0, 0.1) is 0 Å². The molecule has 1 aliphatic heterocycles. The molecule has 1 aliphatic carbocycles. The van der Waals surface area contributed by atoms with Crippen molar-refractivity contribution in [2.75, 3.05) is 18.9 Å². The van der Waals surface area contributed by atoms with Crippen LogP contribution in [-0.4, -0.2) is 38.0 Å². The van der Waals surface area contributed by atoms with Crippen molar-refractivity contribution in [2.45, 2.75) is 50.6 Å². The first-order valence-electron chi connectivity index (χ1n) is 10.6. The van der Waals surface area contributed by atoms with Crippen LogP contribution in [0.4, 0.5) is 11.8 Å². The van der Waals surface area contributed by atoms with E-state index in [-0.39, 0.29) is 24.0 Å². The van der Waals surface area contributed by atoms with E-state index in [1.807, 2.05) is 16.8 Å². The number of likely N-dealkylation sites (tertiary alicyclic amines) is 1. The highest BCUT2D eigenvalue weighted by Crippen LogP contribution is 2.32. The Morgan fingerprint density at radius 3 is 2.58 bits per heavy atom. The van der Waals surface area contributed by atoms with Crippen LogP contribution < -0.4 is 10.9 Å². The van der Waals surface area contributed by atoms with Gasteiger partial charge in [0.2, 0.25) is 5.95 Å². The fourth-order valence-corrected chi connectivity index (χ4v) is 5.21. The van der Waals surface area contributed by atoms with Gasteiger partial charge < -0.3 is 5.32 Å². The van der Waals surface area contributed by atoms with Crippen LogP contribution in [0.3, 0.4) is 0 Å². The third-order valence-corrected chi connectivity index (χ3v) is 6.92. The second kappa shape index (κ2) is 9.22. The Morgan fingerprint density at radius 1 is 1.10 bits per heavy atom. The van der Waals surface area contributed by atoms with Gasteiger partial charge in [-0.2, -0.15) is 4.98 Å². The summed E-state index contributed by atoms with van der Waals surface area (Å²) in [6.45, 7) is 1.13. The normalized spacial score (nSPS) is 19.6. The molecule has 4 heterocycles. The lowest BCUT2D eigenvalue weighted by Crippen LogP contribution is -2.25. The van der Waals surface area contributed by atoms with E-state index in [1.165, 1.54) is 18.4 Å². The van der Waals surface area contributed by atoms with E-state index < -0.39 is 0 Å². The fourth-order valence-electron chi connectivity index (χ4n) is 4.77. The van der Waals surface area contributed by atoms with Gasteiger partial charge in [0.25, 0.3) is 5.56 Å². The summed E-state index contributed by atoms with van der Waals surface area (Å²) in [4.78, 5) is 28.9. The number of hydrogen-bond donors (Lipinski definition) is 1. The van der Waals surface area contributed by atoms with Gasteiger partial charge in [-0.1, -0.05) is 18.9 Å². The lowest BCUT2D eigenvalue weighted by atomic mass is 10.1. The number of nitrogens with zero attached hydrogens (tertiary/aromatic N) is 5. The van der Waals surface area contributed by atoms with E-state index in [9.17, 15) is 4.79 Å². The Kier molecular flexibility index (Phi) is 6.60. The molecule has 0 amide bonds. The van der Waals surface area contributed by atoms with Gasteiger partial charge in [0, 0.05) is 29.9 Å². The van der Waals surface area contributed by atoms with Crippen LogP contribution in [0.2, 0.25) is 0 Å². The predicted octanol–water partition coefficient (Wildman–Crippen LogP) is 5.00. The SMILES string of the molecule is CN1CCCC1c1ccc(Nc2ncc3cc(Br)c(=O)n(C4CCCC4)c3n2)nc1.Cl. The molecule has 9 heteroatoms. The number of fused-ring (bicyclic) bond motifs is 1. The van der Waals surface area contributed by atoms with Crippen molar-refractivity contribution in [1.82, 2.24) is 24.4 Å². The number of anilines is 2. The Balaban J connectivity index is 0.00000231. The maximum Gasteiger partial charge on any atom is 0.266 e. The number of halogens is 2. The van der Waals surface area contributed by atoms with Crippen molar-refractivity contribution < 1.29 is 0 Å². The maximum atomic E-state index is 12.8. The molecule has 3 aromatic heterocycles. The molecular weight excluding hydrogens is 480 g/mol. The molecule has 1 unspecified atom stereocenters. The van der Waals surface area contributed by atoms with E-state index in [2.05, 4.69) is 49.2 Å². The lowest BCUT2D eigenvalue weighted by Gasteiger charge is -2.19. The zero-order chi connectivity index (χ0) is 20.7. The Bertz CT molecular complexity index is 1130. The van der Waals surface area contributed by atoms with Crippen molar-refractivity contribution in [3.8, 4) is 0 Å². The Labute approximate surface area is 195 Å². The largest absolute Gasteiger partial charge is 0.309 e. The van der Waals surface area contributed by atoms with Gasteiger partial charge in [-0.25, -0.2) is 9.97 Å². The summed E-state index contributed by atoms with van der Waals surface area (Å²) < 4.78 is 2.39. The molecule has 0 radical (unpaired) electrons. The fraction of sp³-hybridized carbons (Fsp3) is 0.455. The summed E-state index contributed by atoms with van der Waals surface area (Å²) in [6, 6.07) is 6.54. The third-order valence-electron chi connectivity index (χ3n) is 6.35. The van der Waals surface area contributed by atoms with Crippen LogP contribution in [0.25, 0.3) is 11.0 Å². The maximum absolute atomic E-state index is 12.8. The molecule has 1 saturated heterocycles. The van der Waals surface area contributed by atoms with Gasteiger partial charge in [0.15, 0.2) is 0 Å². The highest BCUT2D eigenvalue weighted by Gasteiger charge is 2.23. The Morgan fingerprint density at radius 2 is 1.90 bits per heavy atom. The number of hydrogen-bond acceptors (Lipinski definition) is 6. The van der Waals surface area contributed by atoms with Crippen molar-refractivity contribution in [2.24, 2.45) is 0 Å². The van der Waals surface area contributed by atoms with Crippen molar-refractivity contribution in [3.63, 3.8) is 0 Å². The predicted molar refractivity (Wildman–Crippen MR) is 128 cm³/mol. The summed E-state index contributed by atoms with van der Waals surface area (Å²) in [5, 5.41) is 4.06. The van der Waals surface area contributed by atoms with Gasteiger partial charge in [0.1, 0.15) is 11.5 Å². The van der Waals surface area contributed by atoms with E-state index in [0.717, 1.165) is 37.6 Å². The molecule has 164 valence electrons. The van der Waals surface area contributed by atoms with Gasteiger partial charge >= 0.3 is 0 Å². The molecule has 0 spiro atoms. The molecular formula is C22H26BrClN6O. The Hall–Kier alpha value is -2.03. The van der Waals surface area contributed by atoms with Gasteiger partial charge in [0.05, 0.1) is 4.47 Å². The van der Waals surface area contributed by atoms with E-state index >= 15 is 0 Å². The molecule has 3 aromatic rings. The summed E-state index contributed by atoms with van der Waals surface area (Å²) in [5.41, 5.74) is 1.89. The summed E-state index contributed by atoms with van der Waals surface area (Å²) in [6.07, 6.45) is 10.4. The number of pyridine rings is 2. The van der Waals surface area contributed by atoms with Crippen LogP contribution in [0.15, 0.2) is 39.9 Å². The monoisotopic (exact) mass is 504 g/mol. The molecule has 31 heavy (non-hydrogen) atoms. The molecule has 5 rings (SSSR count).